The smallest absolute Gasteiger partial charge is 0.255 e. The maximum atomic E-state index is 12.5. The topological polar surface area (TPSA) is 43.8 Å². The molecule has 3 rings (SSSR count). The van der Waals surface area contributed by atoms with Crippen LogP contribution >= 0.6 is 11.8 Å². The van der Waals surface area contributed by atoms with Crippen molar-refractivity contribution in [3.05, 3.63) is 0 Å². The highest BCUT2D eigenvalue weighted by molar-refractivity contribution is 7.99. The van der Waals surface area contributed by atoms with Gasteiger partial charge >= 0.3 is 0 Å². The van der Waals surface area contributed by atoms with Crippen LogP contribution in [0.25, 0.3) is 0 Å². The van der Waals surface area contributed by atoms with Gasteiger partial charge in [0.2, 0.25) is 0 Å². The molecule has 19 heavy (non-hydrogen) atoms. The van der Waals surface area contributed by atoms with E-state index in [-0.39, 0.29) is 5.91 Å². The number of aliphatic hydroxyl groups is 1. The Morgan fingerprint density at radius 3 is 2.68 bits per heavy atom. The van der Waals surface area contributed by atoms with Crippen LogP contribution < -0.4 is 0 Å². The Hall–Kier alpha value is -0.260. The maximum absolute atomic E-state index is 12.5. The number of likely N-dealkylation sites (tertiary alicyclic amines) is 1. The van der Waals surface area contributed by atoms with Crippen LogP contribution in [0, 0.1) is 5.92 Å². The number of carbonyl (C=O) groups is 1. The number of nitrogens with zero attached hydrogens (tertiary/aromatic N) is 2. The third-order valence-corrected chi connectivity index (χ3v) is 5.41. The van der Waals surface area contributed by atoms with Gasteiger partial charge in [0.1, 0.15) is 0 Å². The van der Waals surface area contributed by atoms with Gasteiger partial charge in [0.25, 0.3) is 5.91 Å². The molecule has 0 bridgehead atoms. The molecule has 0 aromatic carbocycles. The van der Waals surface area contributed by atoms with Crippen molar-refractivity contribution in [1.82, 2.24) is 9.80 Å². The number of hydrogen-bond acceptors (Lipinski definition) is 4. The summed E-state index contributed by atoms with van der Waals surface area (Å²) in [7, 11) is 0. The summed E-state index contributed by atoms with van der Waals surface area (Å²) in [6.07, 6.45) is 4.09. The highest BCUT2D eigenvalue weighted by atomic mass is 32.2. The van der Waals surface area contributed by atoms with E-state index in [1.807, 2.05) is 16.7 Å². The molecule has 3 fully saturated rings. The van der Waals surface area contributed by atoms with Gasteiger partial charge in [-0.3, -0.25) is 9.69 Å². The van der Waals surface area contributed by atoms with E-state index in [0.717, 1.165) is 44.1 Å². The van der Waals surface area contributed by atoms with E-state index >= 15 is 0 Å². The van der Waals surface area contributed by atoms with Gasteiger partial charge in [0.15, 0.2) is 5.60 Å². The fourth-order valence-corrected chi connectivity index (χ4v) is 4.11. The first-order valence-corrected chi connectivity index (χ1v) is 8.65. The summed E-state index contributed by atoms with van der Waals surface area (Å²) in [4.78, 5) is 16.7. The van der Waals surface area contributed by atoms with Gasteiger partial charge in [0.05, 0.1) is 0 Å². The number of thioether (sulfide) groups is 1. The minimum atomic E-state index is -1.12. The molecule has 0 radical (unpaired) electrons. The summed E-state index contributed by atoms with van der Waals surface area (Å²) in [5.74, 6) is 2.94. The molecule has 1 N–H and O–H groups in total. The second-order valence-electron chi connectivity index (χ2n) is 6.22. The average Bonchev–Trinajstić information content (AvgIpc) is 3.20. The van der Waals surface area contributed by atoms with Crippen LogP contribution in [0.5, 0.6) is 0 Å². The minimum absolute atomic E-state index is 0.0103. The predicted octanol–water partition coefficient (Wildman–Crippen LogP) is 0.799. The maximum Gasteiger partial charge on any atom is 0.255 e. The summed E-state index contributed by atoms with van der Waals surface area (Å²) in [5.41, 5.74) is -1.12. The van der Waals surface area contributed by atoms with Crippen molar-refractivity contribution >= 4 is 17.7 Å². The summed E-state index contributed by atoms with van der Waals surface area (Å²) >= 11 is 1.96. The summed E-state index contributed by atoms with van der Waals surface area (Å²) in [6.45, 7) is 4.25. The molecule has 4 nitrogen and oxygen atoms in total. The minimum Gasteiger partial charge on any atom is -0.379 e. The van der Waals surface area contributed by atoms with Gasteiger partial charge in [-0.25, -0.2) is 0 Å². The second kappa shape index (κ2) is 5.62. The zero-order valence-corrected chi connectivity index (χ0v) is 12.3. The number of rotatable bonds is 4. The van der Waals surface area contributed by atoms with Crippen LogP contribution in [0.2, 0.25) is 0 Å². The first-order chi connectivity index (χ1) is 9.17. The van der Waals surface area contributed by atoms with Gasteiger partial charge in [-0.05, 0) is 31.6 Å². The largest absolute Gasteiger partial charge is 0.379 e. The number of amides is 1. The van der Waals surface area contributed by atoms with Gasteiger partial charge in [-0.2, -0.15) is 11.8 Å². The van der Waals surface area contributed by atoms with Crippen LogP contribution in [-0.4, -0.2) is 70.6 Å². The first-order valence-electron chi connectivity index (χ1n) is 7.49. The molecule has 0 aromatic heterocycles. The Labute approximate surface area is 119 Å². The molecule has 1 atom stereocenters. The van der Waals surface area contributed by atoms with Crippen molar-refractivity contribution in [2.24, 2.45) is 5.92 Å². The molecule has 2 saturated heterocycles. The van der Waals surface area contributed by atoms with Crippen LogP contribution in [0.4, 0.5) is 0 Å². The fourth-order valence-electron chi connectivity index (χ4n) is 3.13. The van der Waals surface area contributed by atoms with E-state index in [2.05, 4.69) is 4.90 Å². The standard InChI is InChI=1S/C14H24N2O2S/c17-13-14(18,11-15-6-8-19-9-7-15)4-1-5-16(13)10-12-2-3-12/h12,18H,1-11H2. The van der Waals surface area contributed by atoms with Gasteiger partial charge < -0.3 is 10.0 Å². The highest BCUT2D eigenvalue weighted by Crippen LogP contribution is 2.33. The Kier molecular flexibility index (Phi) is 4.06. The van der Waals surface area contributed by atoms with Crippen LogP contribution in [-0.2, 0) is 4.79 Å². The quantitative estimate of drug-likeness (QED) is 0.829. The molecule has 1 saturated carbocycles. The predicted molar refractivity (Wildman–Crippen MR) is 77.3 cm³/mol. The van der Waals surface area contributed by atoms with Gasteiger partial charge in [-0.1, -0.05) is 0 Å². The fraction of sp³-hybridized carbons (Fsp3) is 0.929. The van der Waals surface area contributed by atoms with Crippen LogP contribution in [0.15, 0.2) is 0 Å². The second-order valence-corrected chi connectivity index (χ2v) is 7.44. The van der Waals surface area contributed by atoms with Crippen LogP contribution in [0.1, 0.15) is 25.7 Å². The molecule has 2 aliphatic heterocycles. The van der Waals surface area contributed by atoms with Crippen molar-refractivity contribution in [3.8, 4) is 0 Å². The zero-order valence-electron chi connectivity index (χ0n) is 11.5. The van der Waals surface area contributed by atoms with Crippen LogP contribution in [0.3, 0.4) is 0 Å². The first kappa shape index (κ1) is 13.7. The Morgan fingerprint density at radius 2 is 2.00 bits per heavy atom. The summed E-state index contributed by atoms with van der Waals surface area (Å²) in [5, 5.41) is 10.8. The number of piperidine rings is 1. The zero-order chi connectivity index (χ0) is 13.3. The number of β-amino-alcohol motifs (C(OH)–C–C–N with tert-alkyl or cyclic N) is 1. The molecular formula is C14H24N2O2S. The molecule has 1 aliphatic carbocycles. The van der Waals surface area contributed by atoms with E-state index in [0.29, 0.717) is 18.9 Å². The summed E-state index contributed by atoms with van der Waals surface area (Å²) in [6, 6.07) is 0. The molecule has 108 valence electrons. The third kappa shape index (κ3) is 3.26. The Balaban J connectivity index is 1.61. The van der Waals surface area contributed by atoms with E-state index in [1.54, 1.807) is 0 Å². The lowest BCUT2D eigenvalue weighted by Gasteiger charge is -2.41. The number of hydrogen-bond donors (Lipinski definition) is 1. The van der Waals surface area contributed by atoms with Gasteiger partial charge in [-0.15, -0.1) is 0 Å². The van der Waals surface area contributed by atoms with Crippen molar-refractivity contribution in [3.63, 3.8) is 0 Å². The highest BCUT2D eigenvalue weighted by Gasteiger charge is 2.44. The molecule has 5 heteroatoms. The molecule has 0 spiro atoms. The molecular weight excluding hydrogens is 260 g/mol. The van der Waals surface area contributed by atoms with E-state index in [4.69, 9.17) is 0 Å². The average molecular weight is 284 g/mol. The lowest BCUT2D eigenvalue weighted by Crippen LogP contribution is -2.59. The van der Waals surface area contributed by atoms with Crippen molar-refractivity contribution in [2.45, 2.75) is 31.3 Å². The van der Waals surface area contributed by atoms with Gasteiger partial charge in [0, 0.05) is 44.2 Å². The monoisotopic (exact) mass is 284 g/mol. The molecule has 2 heterocycles. The van der Waals surface area contributed by atoms with Crippen molar-refractivity contribution in [2.75, 3.05) is 44.2 Å². The SMILES string of the molecule is O=C1N(CC2CC2)CCCC1(O)CN1CCSCC1. The van der Waals surface area contributed by atoms with E-state index < -0.39 is 5.60 Å². The number of carbonyl (C=O) groups excluding carboxylic acids is 1. The van der Waals surface area contributed by atoms with E-state index in [1.165, 1.54) is 12.8 Å². The Bertz CT molecular complexity index is 342. The third-order valence-electron chi connectivity index (χ3n) is 4.47. The lowest BCUT2D eigenvalue weighted by molar-refractivity contribution is -0.159. The lowest BCUT2D eigenvalue weighted by atomic mass is 9.91. The molecule has 0 aromatic rings. The Morgan fingerprint density at radius 1 is 1.26 bits per heavy atom. The molecule has 1 amide bonds. The van der Waals surface area contributed by atoms with E-state index in [9.17, 15) is 9.90 Å². The molecule has 1 unspecified atom stereocenters. The van der Waals surface area contributed by atoms with Crippen molar-refractivity contribution < 1.29 is 9.90 Å². The normalized spacial score (nSPS) is 33.7. The molecule has 3 aliphatic rings. The van der Waals surface area contributed by atoms with Crippen molar-refractivity contribution in [1.29, 1.82) is 0 Å². The summed E-state index contributed by atoms with van der Waals surface area (Å²) < 4.78 is 0.